The Morgan fingerprint density at radius 2 is 1.69 bits per heavy atom. The lowest BCUT2D eigenvalue weighted by atomic mass is 10.0. The predicted molar refractivity (Wildman–Crippen MR) is 116 cm³/mol. The second kappa shape index (κ2) is 6.79. The number of hydrogen-bond donors (Lipinski definition) is 1. The molecule has 0 atom stereocenters. The lowest BCUT2D eigenvalue weighted by Crippen LogP contribution is -2.06. The molecule has 0 aliphatic rings. The SMILES string of the molecule is Cc1ccnc2c(Cl)cc(-c3nc4c(=O)cc[nH]c4nc3-c3ccccc3)cc12. The molecule has 0 fully saturated rings. The standard InChI is InChI=1S/C23H15ClN4O/c1-13-7-9-25-21-16(13)11-15(12-17(21)24)20-19(14-5-3-2-4-6-14)28-23-22(27-20)18(29)8-10-26-23/h2-12H,1H3,(H,26,28,29). The summed E-state index contributed by atoms with van der Waals surface area (Å²) in [6, 6.07) is 17.0. The number of nitrogens with zero attached hydrogens (tertiary/aromatic N) is 3. The van der Waals surface area contributed by atoms with Crippen LogP contribution in [0.4, 0.5) is 0 Å². The van der Waals surface area contributed by atoms with Gasteiger partial charge < -0.3 is 4.98 Å². The monoisotopic (exact) mass is 398 g/mol. The minimum absolute atomic E-state index is 0.183. The van der Waals surface area contributed by atoms with Crippen molar-refractivity contribution in [1.29, 1.82) is 0 Å². The van der Waals surface area contributed by atoms with Crippen molar-refractivity contribution in [3.05, 3.63) is 87.8 Å². The van der Waals surface area contributed by atoms with Gasteiger partial charge in [0.2, 0.25) is 5.43 Å². The third-order valence-electron chi connectivity index (χ3n) is 4.92. The van der Waals surface area contributed by atoms with Crippen LogP contribution < -0.4 is 5.43 Å². The van der Waals surface area contributed by atoms with Crippen molar-refractivity contribution in [2.24, 2.45) is 0 Å². The molecule has 0 spiro atoms. The van der Waals surface area contributed by atoms with Gasteiger partial charge in [-0.25, -0.2) is 9.97 Å². The first-order chi connectivity index (χ1) is 14.1. The van der Waals surface area contributed by atoms with Crippen molar-refractivity contribution in [3.63, 3.8) is 0 Å². The van der Waals surface area contributed by atoms with Gasteiger partial charge in [-0.1, -0.05) is 41.9 Å². The number of benzene rings is 2. The molecule has 2 aromatic carbocycles. The zero-order valence-electron chi connectivity index (χ0n) is 15.5. The molecule has 3 heterocycles. The van der Waals surface area contributed by atoms with E-state index >= 15 is 0 Å². The van der Waals surface area contributed by atoms with Crippen LogP contribution >= 0.6 is 11.6 Å². The zero-order chi connectivity index (χ0) is 20.0. The lowest BCUT2D eigenvalue weighted by molar-refractivity contribution is 1.22. The van der Waals surface area contributed by atoms with E-state index in [9.17, 15) is 4.79 Å². The van der Waals surface area contributed by atoms with E-state index in [-0.39, 0.29) is 5.43 Å². The average molecular weight is 399 g/mol. The number of aryl methyl sites for hydroxylation is 1. The van der Waals surface area contributed by atoms with Crippen molar-refractivity contribution in [2.75, 3.05) is 0 Å². The third-order valence-corrected chi connectivity index (χ3v) is 5.21. The summed E-state index contributed by atoms with van der Waals surface area (Å²) in [4.78, 5) is 29.3. The molecule has 3 aromatic heterocycles. The van der Waals surface area contributed by atoms with E-state index in [0.29, 0.717) is 27.6 Å². The summed E-state index contributed by atoms with van der Waals surface area (Å²) in [5, 5.41) is 1.47. The number of hydrogen-bond acceptors (Lipinski definition) is 4. The smallest absolute Gasteiger partial charge is 0.209 e. The van der Waals surface area contributed by atoms with E-state index in [0.717, 1.165) is 27.6 Å². The number of fused-ring (bicyclic) bond motifs is 2. The van der Waals surface area contributed by atoms with Crippen LogP contribution in [0.2, 0.25) is 5.02 Å². The molecule has 1 N–H and O–H groups in total. The maximum atomic E-state index is 12.4. The molecule has 5 nitrogen and oxygen atoms in total. The summed E-state index contributed by atoms with van der Waals surface area (Å²) in [6.07, 6.45) is 3.32. The zero-order valence-corrected chi connectivity index (χ0v) is 16.2. The van der Waals surface area contributed by atoms with Crippen molar-refractivity contribution in [2.45, 2.75) is 6.92 Å². The molecule has 0 unspecified atom stereocenters. The molecule has 6 heteroatoms. The average Bonchev–Trinajstić information content (AvgIpc) is 2.74. The highest BCUT2D eigenvalue weighted by Gasteiger charge is 2.17. The fourth-order valence-electron chi connectivity index (χ4n) is 3.46. The Balaban J connectivity index is 1.89. The molecule has 0 radical (unpaired) electrons. The number of halogens is 1. The number of rotatable bonds is 2. The van der Waals surface area contributed by atoms with Gasteiger partial charge in [-0.15, -0.1) is 0 Å². The van der Waals surface area contributed by atoms with Gasteiger partial charge >= 0.3 is 0 Å². The number of nitrogens with one attached hydrogen (secondary N) is 1. The fourth-order valence-corrected chi connectivity index (χ4v) is 3.73. The summed E-state index contributed by atoms with van der Waals surface area (Å²) in [5.74, 6) is 0. The molecular formula is C23H15ClN4O. The minimum atomic E-state index is -0.183. The van der Waals surface area contributed by atoms with Crippen LogP contribution in [0.15, 0.2) is 71.8 Å². The van der Waals surface area contributed by atoms with Gasteiger partial charge in [-0.2, -0.15) is 0 Å². The molecule has 5 aromatic rings. The second-order valence-electron chi connectivity index (χ2n) is 6.81. The molecule has 0 aliphatic carbocycles. The van der Waals surface area contributed by atoms with Gasteiger partial charge in [0.15, 0.2) is 11.2 Å². The van der Waals surface area contributed by atoms with Crippen molar-refractivity contribution < 1.29 is 0 Å². The number of pyridine rings is 2. The van der Waals surface area contributed by atoms with Gasteiger partial charge in [0.05, 0.1) is 21.9 Å². The largest absolute Gasteiger partial charge is 0.345 e. The van der Waals surface area contributed by atoms with Crippen LogP contribution in [0.25, 0.3) is 44.6 Å². The first-order valence-electron chi connectivity index (χ1n) is 9.12. The van der Waals surface area contributed by atoms with E-state index in [4.69, 9.17) is 21.6 Å². The molecule has 0 saturated heterocycles. The molecule has 0 aliphatic heterocycles. The highest BCUT2D eigenvalue weighted by Crippen LogP contribution is 2.35. The van der Waals surface area contributed by atoms with E-state index < -0.39 is 0 Å². The lowest BCUT2D eigenvalue weighted by Gasteiger charge is -2.12. The Morgan fingerprint density at radius 1 is 0.897 bits per heavy atom. The van der Waals surface area contributed by atoms with Gasteiger partial charge in [0.1, 0.15) is 0 Å². The molecule has 5 rings (SSSR count). The Labute approximate surface area is 171 Å². The molecule has 0 bridgehead atoms. The van der Waals surface area contributed by atoms with Crippen LogP contribution in [0.5, 0.6) is 0 Å². The highest BCUT2D eigenvalue weighted by molar-refractivity contribution is 6.35. The van der Waals surface area contributed by atoms with Crippen LogP contribution in [0.3, 0.4) is 0 Å². The summed E-state index contributed by atoms with van der Waals surface area (Å²) in [5.41, 5.74) is 5.33. The van der Waals surface area contributed by atoms with E-state index in [1.165, 1.54) is 6.07 Å². The maximum Gasteiger partial charge on any atom is 0.209 e. The van der Waals surface area contributed by atoms with Gasteiger partial charge in [0, 0.05) is 35.0 Å². The fraction of sp³-hybridized carbons (Fsp3) is 0.0435. The van der Waals surface area contributed by atoms with Crippen LogP contribution in [-0.4, -0.2) is 19.9 Å². The van der Waals surface area contributed by atoms with E-state index in [1.807, 2.05) is 55.5 Å². The quantitative estimate of drug-likeness (QED) is 0.445. The van der Waals surface area contributed by atoms with Crippen molar-refractivity contribution in [3.8, 4) is 22.5 Å². The number of aromatic amines is 1. The van der Waals surface area contributed by atoms with Crippen molar-refractivity contribution >= 4 is 33.7 Å². The summed E-state index contributed by atoms with van der Waals surface area (Å²) in [6.45, 7) is 2.01. The molecule has 0 saturated carbocycles. The number of H-pyrrole nitrogens is 1. The Morgan fingerprint density at radius 3 is 2.52 bits per heavy atom. The van der Waals surface area contributed by atoms with Gasteiger partial charge in [-0.3, -0.25) is 9.78 Å². The first-order valence-corrected chi connectivity index (χ1v) is 9.50. The molecule has 140 valence electrons. The highest BCUT2D eigenvalue weighted by atomic mass is 35.5. The Hall–Kier alpha value is -3.57. The summed E-state index contributed by atoms with van der Waals surface area (Å²) < 4.78 is 0. The predicted octanol–water partition coefficient (Wildman–Crippen LogP) is 5.16. The maximum absolute atomic E-state index is 12.4. The van der Waals surface area contributed by atoms with Gasteiger partial charge in [0.25, 0.3) is 0 Å². The number of aromatic nitrogens is 4. The normalized spacial score (nSPS) is 11.2. The van der Waals surface area contributed by atoms with Gasteiger partial charge in [-0.05, 0) is 30.7 Å². The molecular weight excluding hydrogens is 384 g/mol. The van der Waals surface area contributed by atoms with Crippen LogP contribution in [-0.2, 0) is 0 Å². The first kappa shape index (κ1) is 17.5. The molecule has 0 amide bonds. The van der Waals surface area contributed by atoms with Crippen LogP contribution in [0, 0.1) is 6.92 Å². The third kappa shape index (κ3) is 2.96. The Bertz CT molecular complexity index is 1440. The topological polar surface area (TPSA) is 71.5 Å². The van der Waals surface area contributed by atoms with E-state index in [1.54, 1.807) is 12.4 Å². The van der Waals surface area contributed by atoms with Crippen LogP contribution in [0.1, 0.15) is 5.56 Å². The minimum Gasteiger partial charge on any atom is -0.345 e. The summed E-state index contributed by atoms with van der Waals surface area (Å²) >= 11 is 6.55. The van der Waals surface area contributed by atoms with E-state index in [2.05, 4.69) is 9.97 Å². The molecule has 29 heavy (non-hydrogen) atoms. The van der Waals surface area contributed by atoms with Crippen molar-refractivity contribution in [1.82, 2.24) is 19.9 Å². The second-order valence-corrected chi connectivity index (χ2v) is 7.22. The Kier molecular flexibility index (Phi) is 4.11. The summed E-state index contributed by atoms with van der Waals surface area (Å²) in [7, 11) is 0.